The number of aromatic nitrogens is 3. The zero-order valence-electron chi connectivity index (χ0n) is 32.0. The molecule has 3 aromatic rings. The summed E-state index contributed by atoms with van der Waals surface area (Å²) in [7, 11) is 3.45. The second-order valence-electron chi connectivity index (χ2n) is 15.1. The number of nitrogens with one attached hydrogen (secondary N) is 1. The number of hydrogen-bond donors (Lipinski definition) is 1. The summed E-state index contributed by atoms with van der Waals surface area (Å²) in [5.41, 5.74) is 1.92. The Bertz CT molecular complexity index is 1710. The van der Waals surface area contributed by atoms with Crippen LogP contribution in [0.4, 0.5) is 0 Å². The van der Waals surface area contributed by atoms with Gasteiger partial charge >= 0.3 is 0 Å². The smallest absolute Gasteiger partial charge is 0.255 e. The SMILES string of the molecule is CC(C)C[C@H]1NC(=O)c2ccccc2OCc2cn(nn2)CCOc2ccc(cc2)CCN(C)C(=O)[C@H](CC(C)C)N(C)C(=O)[C@H]2CCCCN2C1=O. The third-order valence-corrected chi connectivity index (χ3v) is 9.89. The van der Waals surface area contributed by atoms with Crippen molar-refractivity contribution in [3.8, 4) is 11.5 Å². The van der Waals surface area contributed by atoms with Crippen molar-refractivity contribution in [2.75, 3.05) is 33.8 Å². The minimum Gasteiger partial charge on any atom is -0.492 e. The third kappa shape index (κ3) is 10.4. The summed E-state index contributed by atoms with van der Waals surface area (Å²) >= 11 is 0. The summed E-state index contributed by atoms with van der Waals surface area (Å²) in [6.07, 6.45) is 5.29. The maximum Gasteiger partial charge on any atom is 0.255 e. The Labute approximate surface area is 313 Å². The van der Waals surface area contributed by atoms with Gasteiger partial charge in [-0.25, -0.2) is 4.68 Å². The van der Waals surface area contributed by atoms with Gasteiger partial charge in [-0.3, -0.25) is 19.2 Å². The van der Waals surface area contributed by atoms with E-state index in [9.17, 15) is 19.2 Å². The third-order valence-electron chi connectivity index (χ3n) is 9.89. The lowest BCUT2D eigenvalue weighted by Gasteiger charge is -2.41. The predicted molar refractivity (Wildman–Crippen MR) is 200 cm³/mol. The number of nitrogens with zero attached hydrogens (tertiary/aromatic N) is 6. The van der Waals surface area contributed by atoms with E-state index in [1.165, 1.54) is 0 Å². The average Bonchev–Trinajstić information content (AvgIpc) is 3.61. The first kappa shape index (κ1) is 39.3. The highest BCUT2D eigenvalue weighted by molar-refractivity contribution is 6.00. The van der Waals surface area contributed by atoms with E-state index in [1.807, 2.05) is 52.0 Å². The van der Waals surface area contributed by atoms with Crippen LogP contribution >= 0.6 is 0 Å². The van der Waals surface area contributed by atoms with E-state index in [1.54, 1.807) is 63.9 Å². The van der Waals surface area contributed by atoms with Gasteiger partial charge in [-0.2, -0.15) is 0 Å². The van der Waals surface area contributed by atoms with Gasteiger partial charge in [-0.1, -0.05) is 57.2 Å². The Morgan fingerprint density at radius 3 is 2.30 bits per heavy atom. The van der Waals surface area contributed by atoms with Crippen LogP contribution < -0.4 is 14.8 Å². The Balaban J connectivity index is 1.45. The number of benzene rings is 2. The molecule has 2 aromatic carbocycles. The molecular formula is C40H55N7O6. The van der Waals surface area contributed by atoms with E-state index in [2.05, 4.69) is 15.6 Å². The molecule has 0 radical (unpaired) electrons. The van der Waals surface area contributed by atoms with Crippen LogP contribution in [0.25, 0.3) is 0 Å². The maximum absolute atomic E-state index is 14.4. The zero-order chi connectivity index (χ0) is 38.1. The molecule has 13 nitrogen and oxygen atoms in total. The van der Waals surface area contributed by atoms with Crippen molar-refractivity contribution < 1.29 is 28.7 Å². The minimum absolute atomic E-state index is 0.0800. The van der Waals surface area contributed by atoms with Crippen molar-refractivity contribution in [1.29, 1.82) is 0 Å². The number of para-hydroxylation sites is 1. The lowest BCUT2D eigenvalue weighted by Crippen LogP contribution is -2.60. The second kappa shape index (κ2) is 18.2. The summed E-state index contributed by atoms with van der Waals surface area (Å²) in [5, 5.41) is 11.4. The number of ether oxygens (including phenoxy) is 2. The number of rotatable bonds is 4. The first-order valence-corrected chi connectivity index (χ1v) is 18.9. The van der Waals surface area contributed by atoms with Crippen molar-refractivity contribution in [1.82, 2.24) is 35.0 Å². The molecule has 4 bridgehead atoms. The molecule has 3 aliphatic heterocycles. The molecule has 3 aliphatic rings. The average molecular weight is 730 g/mol. The number of hydrogen-bond acceptors (Lipinski definition) is 8. The van der Waals surface area contributed by atoms with Crippen LogP contribution in [-0.2, 0) is 34.0 Å². The molecule has 1 N–H and O–H groups in total. The predicted octanol–water partition coefficient (Wildman–Crippen LogP) is 4.35. The van der Waals surface area contributed by atoms with Crippen LogP contribution in [0, 0.1) is 11.8 Å². The van der Waals surface area contributed by atoms with Crippen LogP contribution in [0.1, 0.15) is 81.4 Å². The zero-order valence-corrected chi connectivity index (χ0v) is 32.0. The van der Waals surface area contributed by atoms with Gasteiger partial charge in [0.15, 0.2) is 0 Å². The summed E-state index contributed by atoms with van der Waals surface area (Å²) in [4.78, 5) is 61.5. The number of likely N-dealkylation sites (N-methyl/N-ethyl adjacent to an activating group) is 2. The Kier molecular flexibility index (Phi) is 13.5. The molecule has 1 fully saturated rings. The van der Waals surface area contributed by atoms with Crippen molar-refractivity contribution in [3.63, 3.8) is 0 Å². The van der Waals surface area contributed by atoms with E-state index in [4.69, 9.17) is 9.47 Å². The van der Waals surface area contributed by atoms with Gasteiger partial charge in [0.2, 0.25) is 17.7 Å². The molecule has 0 unspecified atom stereocenters. The van der Waals surface area contributed by atoms with E-state index >= 15 is 0 Å². The fourth-order valence-corrected chi connectivity index (χ4v) is 6.96. The first-order valence-electron chi connectivity index (χ1n) is 18.9. The van der Waals surface area contributed by atoms with Gasteiger partial charge in [0.25, 0.3) is 5.91 Å². The quantitative estimate of drug-likeness (QED) is 0.419. The van der Waals surface area contributed by atoms with Gasteiger partial charge in [-0.05, 0) is 80.2 Å². The fourth-order valence-electron chi connectivity index (χ4n) is 6.96. The number of carbonyl (C=O) groups excluding carboxylic acids is 4. The highest BCUT2D eigenvalue weighted by Gasteiger charge is 2.40. The molecule has 4 amide bonds. The van der Waals surface area contributed by atoms with Crippen molar-refractivity contribution in [3.05, 3.63) is 71.5 Å². The molecule has 4 heterocycles. The molecule has 1 saturated heterocycles. The first-order chi connectivity index (χ1) is 25.4. The molecule has 0 aliphatic carbocycles. The van der Waals surface area contributed by atoms with Crippen LogP contribution in [0.5, 0.6) is 11.5 Å². The molecule has 13 heteroatoms. The lowest BCUT2D eigenvalue weighted by molar-refractivity contribution is -0.153. The van der Waals surface area contributed by atoms with Gasteiger partial charge in [0, 0.05) is 27.2 Å². The fraction of sp³-hybridized carbons (Fsp3) is 0.550. The molecule has 6 rings (SSSR count). The molecule has 0 spiro atoms. The Morgan fingerprint density at radius 2 is 1.57 bits per heavy atom. The van der Waals surface area contributed by atoms with E-state index < -0.39 is 24.0 Å². The minimum atomic E-state index is -0.868. The van der Waals surface area contributed by atoms with Gasteiger partial charge in [-0.15, -0.1) is 5.10 Å². The highest BCUT2D eigenvalue weighted by Crippen LogP contribution is 2.25. The van der Waals surface area contributed by atoms with E-state index in [-0.39, 0.29) is 41.7 Å². The van der Waals surface area contributed by atoms with E-state index in [0.717, 1.165) is 24.2 Å². The number of fused-ring (bicyclic) bond motifs is 14. The van der Waals surface area contributed by atoms with Gasteiger partial charge in [0.1, 0.15) is 48.5 Å². The van der Waals surface area contributed by atoms with Crippen LogP contribution in [0.15, 0.2) is 54.7 Å². The molecule has 3 atom stereocenters. The Morgan fingerprint density at radius 1 is 0.830 bits per heavy atom. The summed E-state index contributed by atoms with van der Waals surface area (Å²) in [6.45, 7) is 9.85. The van der Waals surface area contributed by atoms with E-state index in [0.29, 0.717) is 63.4 Å². The highest BCUT2D eigenvalue weighted by atomic mass is 16.5. The molecule has 286 valence electrons. The summed E-state index contributed by atoms with van der Waals surface area (Å²) in [5.74, 6) is 0.147. The Hall–Kier alpha value is -4.94. The normalized spacial score (nSPS) is 21.5. The topological polar surface area (TPSA) is 139 Å². The van der Waals surface area contributed by atoms with Crippen LogP contribution in [0.3, 0.4) is 0 Å². The summed E-state index contributed by atoms with van der Waals surface area (Å²) < 4.78 is 13.7. The molecule has 53 heavy (non-hydrogen) atoms. The van der Waals surface area contributed by atoms with Crippen LogP contribution in [-0.4, -0.2) is 105 Å². The van der Waals surface area contributed by atoms with Crippen LogP contribution in [0.2, 0.25) is 0 Å². The van der Waals surface area contributed by atoms with Crippen molar-refractivity contribution >= 4 is 23.6 Å². The molecular weight excluding hydrogens is 674 g/mol. The van der Waals surface area contributed by atoms with Crippen molar-refractivity contribution in [2.24, 2.45) is 11.8 Å². The number of piperidine rings is 1. The number of carbonyl (C=O) groups is 4. The second-order valence-corrected chi connectivity index (χ2v) is 15.1. The maximum atomic E-state index is 14.4. The monoisotopic (exact) mass is 729 g/mol. The summed E-state index contributed by atoms with van der Waals surface area (Å²) in [6, 6.07) is 12.4. The number of amides is 4. The standard InChI is InChI=1S/C40H55N7O6/c1-27(2)23-33-38(49)47-19-10-9-12-34(47)40(51)45(6)35(24-28(3)4)39(50)44(5)20-18-29-14-16-31(17-15-29)52-22-21-46-25-30(42-43-46)26-53-36-13-8-7-11-32(36)37(48)41-33/h7-8,11,13-17,25,27-28,33-35H,9-10,12,18-24,26H2,1-6H3,(H,41,48)/t33-,34-,35+/m1/s1. The van der Waals surface area contributed by atoms with Gasteiger partial charge < -0.3 is 29.5 Å². The molecule has 0 saturated carbocycles. The lowest BCUT2D eigenvalue weighted by atomic mass is 9.95. The largest absolute Gasteiger partial charge is 0.492 e. The van der Waals surface area contributed by atoms with Gasteiger partial charge in [0.05, 0.1) is 18.3 Å². The molecule has 1 aromatic heterocycles. The van der Waals surface area contributed by atoms with Crippen molar-refractivity contribution in [2.45, 2.75) is 97.5 Å².